The first-order valence-corrected chi connectivity index (χ1v) is 7.32. The SMILES string of the molecule is Cn1cc(CN(Cc2ccc(Cl)cc2)c2ncccn2)cn1. The van der Waals surface area contributed by atoms with Crippen LogP contribution in [-0.4, -0.2) is 19.7 Å². The van der Waals surface area contributed by atoms with Crippen molar-refractivity contribution in [3.8, 4) is 0 Å². The third-order valence-electron chi connectivity index (χ3n) is 3.25. The standard InChI is InChI=1S/C16H16ClN5/c1-21-10-14(9-20-21)12-22(16-18-7-2-8-19-16)11-13-3-5-15(17)6-4-13/h2-10H,11-12H2,1H3. The Morgan fingerprint density at radius 3 is 2.36 bits per heavy atom. The largest absolute Gasteiger partial charge is 0.332 e. The Balaban J connectivity index is 1.84. The number of benzene rings is 1. The summed E-state index contributed by atoms with van der Waals surface area (Å²) in [5.74, 6) is 0.696. The van der Waals surface area contributed by atoms with Gasteiger partial charge in [0.2, 0.25) is 5.95 Å². The molecular formula is C16H16ClN5. The van der Waals surface area contributed by atoms with Crippen molar-refractivity contribution in [2.24, 2.45) is 7.05 Å². The maximum atomic E-state index is 5.95. The number of aromatic nitrogens is 4. The van der Waals surface area contributed by atoms with Gasteiger partial charge in [-0.15, -0.1) is 0 Å². The predicted molar refractivity (Wildman–Crippen MR) is 86.6 cm³/mol. The van der Waals surface area contributed by atoms with Crippen LogP contribution in [0.25, 0.3) is 0 Å². The Morgan fingerprint density at radius 1 is 1.05 bits per heavy atom. The molecule has 0 saturated carbocycles. The Bertz CT molecular complexity index is 724. The van der Waals surface area contributed by atoms with Gasteiger partial charge in [-0.3, -0.25) is 4.68 Å². The van der Waals surface area contributed by atoms with Gasteiger partial charge in [0.25, 0.3) is 0 Å². The first kappa shape index (κ1) is 14.5. The summed E-state index contributed by atoms with van der Waals surface area (Å²) in [5.41, 5.74) is 2.27. The van der Waals surface area contributed by atoms with Gasteiger partial charge in [0.05, 0.1) is 6.20 Å². The summed E-state index contributed by atoms with van der Waals surface area (Å²) in [4.78, 5) is 10.8. The molecule has 0 spiro atoms. The zero-order chi connectivity index (χ0) is 15.4. The van der Waals surface area contributed by atoms with E-state index in [-0.39, 0.29) is 0 Å². The van der Waals surface area contributed by atoms with Gasteiger partial charge in [0.15, 0.2) is 0 Å². The summed E-state index contributed by atoms with van der Waals surface area (Å²) in [6.45, 7) is 1.40. The quantitative estimate of drug-likeness (QED) is 0.726. The lowest BCUT2D eigenvalue weighted by Crippen LogP contribution is -2.23. The predicted octanol–water partition coefficient (Wildman–Crippen LogP) is 3.07. The molecule has 0 saturated heterocycles. The second kappa shape index (κ2) is 6.58. The molecule has 0 atom stereocenters. The Labute approximate surface area is 134 Å². The first-order chi connectivity index (χ1) is 10.7. The van der Waals surface area contributed by atoms with E-state index in [1.807, 2.05) is 49.8 Å². The minimum absolute atomic E-state index is 0.695. The zero-order valence-corrected chi connectivity index (χ0v) is 13.0. The van der Waals surface area contributed by atoms with E-state index >= 15 is 0 Å². The minimum Gasteiger partial charge on any atom is -0.332 e. The molecule has 0 bridgehead atoms. The molecule has 0 fully saturated rings. The number of anilines is 1. The van der Waals surface area contributed by atoms with Gasteiger partial charge >= 0.3 is 0 Å². The van der Waals surface area contributed by atoms with Crippen molar-refractivity contribution in [2.75, 3.05) is 4.90 Å². The number of aryl methyl sites for hydroxylation is 1. The fraction of sp³-hybridized carbons (Fsp3) is 0.188. The molecule has 0 radical (unpaired) electrons. The van der Waals surface area contributed by atoms with E-state index in [4.69, 9.17) is 11.6 Å². The molecule has 2 aromatic heterocycles. The molecular weight excluding hydrogens is 298 g/mol. The maximum absolute atomic E-state index is 5.95. The van der Waals surface area contributed by atoms with E-state index < -0.39 is 0 Å². The Morgan fingerprint density at radius 2 is 1.73 bits per heavy atom. The van der Waals surface area contributed by atoms with Gasteiger partial charge in [-0.05, 0) is 23.8 Å². The van der Waals surface area contributed by atoms with Gasteiger partial charge in [-0.25, -0.2) is 9.97 Å². The van der Waals surface area contributed by atoms with Crippen molar-refractivity contribution in [3.63, 3.8) is 0 Å². The topological polar surface area (TPSA) is 46.8 Å². The van der Waals surface area contributed by atoms with Crippen LogP contribution < -0.4 is 4.90 Å². The molecule has 3 rings (SSSR count). The zero-order valence-electron chi connectivity index (χ0n) is 12.2. The van der Waals surface area contributed by atoms with E-state index in [9.17, 15) is 0 Å². The van der Waals surface area contributed by atoms with Crippen LogP contribution in [0.2, 0.25) is 5.02 Å². The number of rotatable bonds is 5. The number of nitrogens with zero attached hydrogens (tertiary/aromatic N) is 5. The Hall–Kier alpha value is -2.40. The summed E-state index contributed by atoms with van der Waals surface area (Å²) < 4.78 is 1.79. The molecule has 0 aliphatic carbocycles. The molecule has 0 N–H and O–H groups in total. The van der Waals surface area contributed by atoms with Gasteiger partial charge < -0.3 is 4.90 Å². The van der Waals surface area contributed by atoms with E-state index in [2.05, 4.69) is 20.0 Å². The average molecular weight is 314 g/mol. The van der Waals surface area contributed by atoms with E-state index in [0.717, 1.165) is 16.1 Å². The van der Waals surface area contributed by atoms with Crippen LogP contribution in [0.1, 0.15) is 11.1 Å². The second-order valence-corrected chi connectivity index (χ2v) is 5.49. The van der Waals surface area contributed by atoms with E-state index in [1.165, 1.54) is 0 Å². The lowest BCUT2D eigenvalue weighted by molar-refractivity contribution is 0.754. The van der Waals surface area contributed by atoms with Crippen LogP contribution in [0.5, 0.6) is 0 Å². The van der Waals surface area contributed by atoms with Gasteiger partial charge in [-0.1, -0.05) is 23.7 Å². The third-order valence-corrected chi connectivity index (χ3v) is 3.51. The monoisotopic (exact) mass is 313 g/mol. The molecule has 0 aliphatic heterocycles. The highest BCUT2D eigenvalue weighted by Crippen LogP contribution is 2.17. The van der Waals surface area contributed by atoms with Crippen molar-refractivity contribution in [1.29, 1.82) is 0 Å². The molecule has 0 aliphatic rings. The van der Waals surface area contributed by atoms with Crippen LogP contribution in [0, 0.1) is 0 Å². The van der Waals surface area contributed by atoms with Crippen LogP contribution >= 0.6 is 11.6 Å². The van der Waals surface area contributed by atoms with E-state index in [1.54, 1.807) is 17.1 Å². The summed E-state index contributed by atoms with van der Waals surface area (Å²) >= 11 is 5.95. The van der Waals surface area contributed by atoms with Crippen LogP contribution in [0.3, 0.4) is 0 Å². The number of hydrogen-bond acceptors (Lipinski definition) is 4. The van der Waals surface area contributed by atoms with Crippen molar-refractivity contribution < 1.29 is 0 Å². The molecule has 112 valence electrons. The van der Waals surface area contributed by atoms with Gasteiger partial charge in [0, 0.05) is 49.3 Å². The lowest BCUT2D eigenvalue weighted by Gasteiger charge is -2.22. The molecule has 6 heteroatoms. The number of hydrogen-bond donors (Lipinski definition) is 0. The molecule has 1 aromatic carbocycles. The van der Waals surface area contributed by atoms with Crippen LogP contribution in [0.4, 0.5) is 5.95 Å². The lowest BCUT2D eigenvalue weighted by atomic mass is 10.2. The van der Waals surface area contributed by atoms with Gasteiger partial charge in [0.1, 0.15) is 0 Å². The van der Waals surface area contributed by atoms with Gasteiger partial charge in [-0.2, -0.15) is 5.10 Å². The van der Waals surface area contributed by atoms with Crippen LogP contribution in [-0.2, 0) is 20.1 Å². The molecule has 0 amide bonds. The highest BCUT2D eigenvalue weighted by molar-refractivity contribution is 6.30. The fourth-order valence-electron chi connectivity index (χ4n) is 2.24. The molecule has 0 unspecified atom stereocenters. The average Bonchev–Trinajstić information content (AvgIpc) is 2.95. The summed E-state index contributed by atoms with van der Waals surface area (Å²) in [7, 11) is 1.91. The van der Waals surface area contributed by atoms with Crippen molar-refractivity contribution >= 4 is 17.5 Å². The highest BCUT2D eigenvalue weighted by Gasteiger charge is 2.12. The molecule has 22 heavy (non-hydrogen) atoms. The third kappa shape index (κ3) is 3.62. The highest BCUT2D eigenvalue weighted by atomic mass is 35.5. The molecule has 5 nitrogen and oxygen atoms in total. The van der Waals surface area contributed by atoms with E-state index in [0.29, 0.717) is 19.0 Å². The molecule has 2 heterocycles. The fourth-order valence-corrected chi connectivity index (χ4v) is 2.36. The maximum Gasteiger partial charge on any atom is 0.225 e. The summed E-state index contributed by atoms with van der Waals surface area (Å²) in [6.07, 6.45) is 7.36. The Kier molecular flexibility index (Phi) is 4.34. The summed E-state index contributed by atoms with van der Waals surface area (Å²) in [5, 5.41) is 4.95. The van der Waals surface area contributed by atoms with Crippen LogP contribution in [0.15, 0.2) is 55.1 Å². The number of halogens is 1. The smallest absolute Gasteiger partial charge is 0.225 e. The van der Waals surface area contributed by atoms with Crippen molar-refractivity contribution in [2.45, 2.75) is 13.1 Å². The van der Waals surface area contributed by atoms with Crippen molar-refractivity contribution in [3.05, 3.63) is 71.3 Å². The second-order valence-electron chi connectivity index (χ2n) is 5.05. The molecule has 3 aromatic rings. The normalized spacial score (nSPS) is 10.6. The summed E-state index contributed by atoms with van der Waals surface area (Å²) in [6, 6.07) is 9.63. The minimum atomic E-state index is 0.695. The van der Waals surface area contributed by atoms with Crippen molar-refractivity contribution in [1.82, 2.24) is 19.7 Å². The first-order valence-electron chi connectivity index (χ1n) is 6.94.